The van der Waals surface area contributed by atoms with Crippen LogP contribution in [0.3, 0.4) is 0 Å². The van der Waals surface area contributed by atoms with Gasteiger partial charge in [0.1, 0.15) is 6.33 Å². The monoisotopic (exact) mass is 335 g/mol. The molecule has 0 saturated heterocycles. The van der Waals surface area contributed by atoms with Crippen LogP contribution in [0.1, 0.15) is 70.6 Å². The predicted molar refractivity (Wildman–Crippen MR) is 94.0 cm³/mol. The van der Waals surface area contributed by atoms with Crippen molar-refractivity contribution >= 4 is 11.2 Å². The number of aromatic nitrogens is 3. The minimum absolute atomic E-state index is 0.231. The van der Waals surface area contributed by atoms with Gasteiger partial charge in [-0.15, -0.1) is 0 Å². The van der Waals surface area contributed by atoms with Gasteiger partial charge in [-0.2, -0.15) is 0 Å². The Bertz CT molecular complexity index is 678. The number of oxazole rings is 1. The molecule has 2 aromatic heterocycles. The zero-order valence-corrected chi connectivity index (χ0v) is 14.8. The summed E-state index contributed by atoms with van der Waals surface area (Å²) in [4.78, 5) is 20.4. The fourth-order valence-corrected chi connectivity index (χ4v) is 2.92. The van der Waals surface area contributed by atoms with Gasteiger partial charge < -0.3 is 9.52 Å². The molecule has 1 N–H and O–H groups in total. The second-order valence-electron chi connectivity index (χ2n) is 6.51. The SMILES string of the molecule is CCCCCCCCCCC(O)Cn1cnc2oc(C)nc2c1=O. The molecule has 0 aliphatic carbocycles. The van der Waals surface area contributed by atoms with Gasteiger partial charge in [0.05, 0.1) is 12.6 Å². The maximum absolute atomic E-state index is 12.3. The molecular weight excluding hydrogens is 306 g/mol. The highest BCUT2D eigenvalue weighted by Gasteiger charge is 2.12. The third-order valence-electron chi connectivity index (χ3n) is 4.29. The number of hydrogen-bond acceptors (Lipinski definition) is 5. The second-order valence-corrected chi connectivity index (χ2v) is 6.51. The Kier molecular flexibility index (Phi) is 7.43. The van der Waals surface area contributed by atoms with Crippen LogP contribution in [-0.2, 0) is 6.54 Å². The van der Waals surface area contributed by atoms with Gasteiger partial charge in [-0.1, -0.05) is 58.3 Å². The van der Waals surface area contributed by atoms with Crippen LogP contribution >= 0.6 is 0 Å². The van der Waals surface area contributed by atoms with Gasteiger partial charge in [0.25, 0.3) is 11.3 Å². The van der Waals surface area contributed by atoms with Gasteiger partial charge in [-0.3, -0.25) is 9.36 Å². The van der Waals surface area contributed by atoms with E-state index in [2.05, 4.69) is 16.9 Å². The molecule has 2 aromatic rings. The highest BCUT2D eigenvalue weighted by atomic mass is 16.4. The normalized spacial score (nSPS) is 12.8. The lowest BCUT2D eigenvalue weighted by molar-refractivity contribution is 0.139. The standard InChI is InChI=1S/C18H29N3O3/c1-3-4-5-6-7-8-9-10-11-15(22)12-21-13-19-17-16(18(21)23)20-14(2)24-17/h13,15,22H,3-12H2,1-2H3. The highest BCUT2D eigenvalue weighted by molar-refractivity contribution is 5.65. The third-order valence-corrected chi connectivity index (χ3v) is 4.29. The van der Waals surface area contributed by atoms with E-state index >= 15 is 0 Å². The Hall–Kier alpha value is -1.69. The molecule has 0 radical (unpaired) electrons. The lowest BCUT2D eigenvalue weighted by Gasteiger charge is -2.11. The summed E-state index contributed by atoms with van der Waals surface area (Å²) in [5.41, 5.74) is 0.229. The molecule has 24 heavy (non-hydrogen) atoms. The summed E-state index contributed by atoms with van der Waals surface area (Å²) in [6.45, 7) is 4.16. The molecule has 0 amide bonds. The number of hydrogen-bond donors (Lipinski definition) is 1. The van der Waals surface area contributed by atoms with E-state index in [-0.39, 0.29) is 23.3 Å². The number of fused-ring (bicyclic) bond motifs is 1. The zero-order valence-electron chi connectivity index (χ0n) is 14.8. The van der Waals surface area contributed by atoms with Crippen LogP contribution < -0.4 is 5.56 Å². The van der Waals surface area contributed by atoms with Gasteiger partial charge in [0, 0.05) is 6.92 Å². The van der Waals surface area contributed by atoms with Crippen LogP contribution in [0.2, 0.25) is 0 Å². The van der Waals surface area contributed by atoms with Gasteiger partial charge in [-0.05, 0) is 6.42 Å². The molecule has 2 rings (SSSR count). The Labute approximate surface area is 142 Å². The van der Waals surface area contributed by atoms with Gasteiger partial charge in [-0.25, -0.2) is 9.97 Å². The van der Waals surface area contributed by atoms with Crippen molar-refractivity contribution in [2.75, 3.05) is 0 Å². The van der Waals surface area contributed by atoms with Crippen molar-refractivity contribution in [1.29, 1.82) is 0 Å². The number of aliphatic hydroxyl groups is 1. The van der Waals surface area contributed by atoms with Crippen LogP contribution in [0.15, 0.2) is 15.5 Å². The van der Waals surface area contributed by atoms with Crippen LogP contribution in [0.4, 0.5) is 0 Å². The molecule has 6 nitrogen and oxygen atoms in total. The average Bonchev–Trinajstić information content (AvgIpc) is 2.94. The van der Waals surface area contributed by atoms with Crippen molar-refractivity contribution in [2.45, 2.75) is 84.3 Å². The van der Waals surface area contributed by atoms with Crippen molar-refractivity contribution in [3.63, 3.8) is 0 Å². The molecule has 134 valence electrons. The molecule has 0 fully saturated rings. The summed E-state index contributed by atoms with van der Waals surface area (Å²) in [6.07, 6.45) is 11.5. The van der Waals surface area contributed by atoms with Gasteiger partial charge in [0.2, 0.25) is 0 Å². The summed E-state index contributed by atoms with van der Waals surface area (Å²) in [6, 6.07) is 0. The minimum atomic E-state index is -0.532. The molecular formula is C18H29N3O3. The quantitative estimate of drug-likeness (QED) is 0.635. The molecule has 0 aliphatic heterocycles. The van der Waals surface area contributed by atoms with Crippen molar-refractivity contribution in [3.8, 4) is 0 Å². The topological polar surface area (TPSA) is 81.2 Å². The van der Waals surface area contributed by atoms with E-state index in [0.717, 1.165) is 12.8 Å². The first kappa shape index (κ1) is 18.6. The fraction of sp³-hybridized carbons (Fsp3) is 0.722. The van der Waals surface area contributed by atoms with Crippen LogP contribution in [-0.4, -0.2) is 25.7 Å². The van der Waals surface area contributed by atoms with Crippen LogP contribution in [0, 0.1) is 6.92 Å². The first-order chi connectivity index (χ1) is 11.6. The molecule has 0 aliphatic rings. The van der Waals surface area contributed by atoms with E-state index in [4.69, 9.17) is 4.42 Å². The first-order valence-electron chi connectivity index (χ1n) is 9.12. The predicted octanol–water partition coefficient (Wildman–Crippen LogP) is 3.58. The second kappa shape index (κ2) is 9.57. The largest absolute Gasteiger partial charge is 0.422 e. The number of aliphatic hydroxyl groups excluding tert-OH is 1. The summed E-state index contributed by atoms with van der Waals surface area (Å²) < 4.78 is 6.65. The summed E-state index contributed by atoms with van der Waals surface area (Å²) in [5, 5.41) is 10.1. The Morgan fingerprint density at radius 3 is 2.54 bits per heavy atom. The lowest BCUT2D eigenvalue weighted by Crippen LogP contribution is -2.27. The Morgan fingerprint density at radius 1 is 1.17 bits per heavy atom. The van der Waals surface area contributed by atoms with Crippen LogP contribution in [0.25, 0.3) is 11.2 Å². The third kappa shape index (κ3) is 5.44. The molecule has 6 heteroatoms. The number of nitrogens with zero attached hydrogens (tertiary/aromatic N) is 3. The van der Waals surface area contributed by atoms with Crippen molar-refractivity contribution < 1.29 is 9.52 Å². The summed E-state index contributed by atoms with van der Waals surface area (Å²) in [7, 11) is 0. The Morgan fingerprint density at radius 2 is 1.83 bits per heavy atom. The van der Waals surface area contributed by atoms with Crippen LogP contribution in [0.5, 0.6) is 0 Å². The molecule has 0 aromatic carbocycles. The van der Waals surface area contributed by atoms with E-state index < -0.39 is 6.10 Å². The minimum Gasteiger partial charge on any atom is -0.422 e. The smallest absolute Gasteiger partial charge is 0.283 e. The molecule has 0 bridgehead atoms. The van der Waals surface area contributed by atoms with Crippen molar-refractivity contribution in [3.05, 3.63) is 22.6 Å². The number of unbranched alkanes of at least 4 members (excludes halogenated alkanes) is 7. The molecule has 0 spiro atoms. The van der Waals surface area contributed by atoms with E-state index in [9.17, 15) is 9.90 Å². The Balaban J connectivity index is 1.72. The lowest BCUT2D eigenvalue weighted by atomic mass is 10.1. The van der Waals surface area contributed by atoms with Gasteiger partial charge in [0.15, 0.2) is 11.4 Å². The molecule has 1 unspecified atom stereocenters. The van der Waals surface area contributed by atoms with E-state index in [1.807, 2.05) is 0 Å². The van der Waals surface area contributed by atoms with Crippen molar-refractivity contribution in [2.24, 2.45) is 0 Å². The van der Waals surface area contributed by atoms with Gasteiger partial charge >= 0.3 is 0 Å². The molecule has 1 atom stereocenters. The maximum atomic E-state index is 12.3. The zero-order chi connectivity index (χ0) is 17.4. The fourth-order valence-electron chi connectivity index (χ4n) is 2.92. The van der Waals surface area contributed by atoms with Crippen molar-refractivity contribution in [1.82, 2.24) is 14.5 Å². The summed E-state index contributed by atoms with van der Waals surface area (Å²) in [5.74, 6) is 0.423. The number of rotatable bonds is 11. The molecule has 2 heterocycles. The first-order valence-corrected chi connectivity index (χ1v) is 9.12. The summed E-state index contributed by atoms with van der Waals surface area (Å²) >= 11 is 0. The van der Waals surface area contributed by atoms with E-state index in [1.165, 1.54) is 49.4 Å². The average molecular weight is 335 g/mol. The highest BCUT2D eigenvalue weighted by Crippen LogP contribution is 2.12. The van der Waals surface area contributed by atoms with E-state index in [0.29, 0.717) is 12.3 Å². The maximum Gasteiger partial charge on any atom is 0.283 e. The van der Waals surface area contributed by atoms with E-state index in [1.54, 1.807) is 6.92 Å². The number of aryl methyl sites for hydroxylation is 1. The molecule has 0 saturated carbocycles.